The van der Waals surface area contributed by atoms with E-state index < -0.39 is 86.7 Å². The highest BCUT2D eigenvalue weighted by atomic mass is 16.7. The second-order valence-electron chi connectivity index (χ2n) is 18.3. The molecule has 0 aromatic carbocycles. The van der Waals surface area contributed by atoms with Crippen molar-refractivity contribution in [3.8, 4) is 0 Å². The van der Waals surface area contributed by atoms with E-state index in [1.165, 1.54) is 19.3 Å². The fraction of sp³-hybridized carbons (Fsp3) is 0.644. The summed E-state index contributed by atoms with van der Waals surface area (Å²) in [7, 11) is 0. The molecule has 14 heteroatoms. The van der Waals surface area contributed by atoms with Crippen molar-refractivity contribution in [1.29, 1.82) is 0 Å². The Bertz CT molecular complexity index is 1660. The van der Waals surface area contributed by atoms with E-state index in [1.54, 1.807) is 0 Å². The molecule has 0 aromatic rings. The summed E-state index contributed by atoms with van der Waals surface area (Å²) in [5.41, 5.74) is 0. The van der Waals surface area contributed by atoms with Crippen molar-refractivity contribution in [1.82, 2.24) is 0 Å². The predicted octanol–water partition coefficient (Wildman–Crippen LogP) is 8.96. The molecule has 7 N–H and O–H groups in total. The van der Waals surface area contributed by atoms with Gasteiger partial charge >= 0.3 is 5.97 Å². The van der Waals surface area contributed by atoms with Crippen LogP contribution in [-0.2, 0) is 33.2 Å². The van der Waals surface area contributed by atoms with E-state index in [4.69, 9.17) is 28.4 Å². The van der Waals surface area contributed by atoms with Crippen molar-refractivity contribution in [2.45, 2.75) is 210 Å². The monoisotopic (exact) mass is 1030 g/mol. The van der Waals surface area contributed by atoms with E-state index in [2.05, 4.69) is 123 Å². The Kier molecular flexibility index (Phi) is 40.1. The first-order chi connectivity index (χ1) is 35.6. The van der Waals surface area contributed by atoms with Crippen LogP contribution in [0.3, 0.4) is 0 Å². The molecule has 2 saturated heterocycles. The van der Waals surface area contributed by atoms with E-state index in [0.717, 1.165) is 96.3 Å². The molecule has 414 valence electrons. The fourth-order valence-corrected chi connectivity index (χ4v) is 7.65. The fourth-order valence-electron chi connectivity index (χ4n) is 7.65. The molecule has 14 nitrogen and oxygen atoms in total. The van der Waals surface area contributed by atoms with Gasteiger partial charge in [-0.1, -0.05) is 167 Å². The number of rotatable bonds is 41. The molecule has 2 fully saturated rings. The maximum absolute atomic E-state index is 13.0. The molecule has 2 rings (SSSR count). The summed E-state index contributed by atoms with van der Waals surface area (Å²) in [5, 5.41) is 72.2. The summed E-state index contributed by atoms with van der Waals surface area (Å²) in [6, 6.07) is 0. The van der Waals surface area contributed by atoms with Crippen LogP contribution < -0.4 is 0 Å². The van der Waals surface area contributed by atoms with Gasteiger partial charge in [-0.2, -0.15) is 0 Å². The molecule has 0 amide bonds. The molecule has 0 aromatic heterocycles. The molecule has 73 heavy (non-hydrogen) atoms. The van der Waals surface area contributed by atoms with Crippen LogP contribution in [0.1, 0.15) is 142 Å². The lowest BCUT2D eigenvalue weighted by atomic mass is 9.98. The quantitative estimate of drug-likeness (QED) is 0.0173. The zero-order valence-electron chi connectivity index (χ0n) is 44.1. The SMILES string of the molecule is CC/C=C\C/C=C\C/C=C\C/C=C\C/C=C\C/C=C\CCC(=O)OC(COCCCCCCCCC/C=C\C/C=C\C/C=C\C/C=C\CC)COC1OC(COC2OC(CO)C(O)C(O)C2O)C(O)C(O)C1O. The minimum atomic E-state index is -1.73. The minimum Gasteiger partial charge on any atom is -0.457 e. The maximum atomic E-state index is 13.0. The smallest absolute Gasteiger partial charge is 0.306 e. The molecule has 0 bridgehead atoms. The van der Waals surface area contributed by atoms with Crippen LogP contribution in [0.25, 0.3) is 0 Å². The summed E-state index contributed by atoms with van der Waals surface area (Å²) >= 11 is 0. The van der Waals surface area contributed by atoms with E-state index in [0.29, 0.717) is 13.0 Å². The minimum absolute atomic E-state index is 0.0145. The summed E-state index contributed by atoms with van der Waals surface area (Å²) < 4.78 is 34.2. The van der Waals surface area contributed by atoms with Crippen molar-refractivity contribution < 1.29 is 69.0 Å². The van der Waals surface area contributed by atoms with E-state index in [9.17, 15) is 40.5 Å². The van der Waals surface area contributed by atoms with E-state index in [1.807, 2.05) is 12.2 Å². The topological polar surface area (TPSA) is 214 Å². The standard InChI is InChI=1S/C59H94O14/c1-3-5-7-9-11-13-15-17-19-21-23-25-27-29-31-33-35-37-39-41-43-68-45-48(71-51(61)42-40-38-36-34-32-30-28-26-24-22-20-18-16-14-12-10-8-6-4-2)46-69-58-57(67)55(65)53(63)50(73-58)47-70-59-56(66)54(64)52(62)49(44-60)72-59/h5-8,11-14,17-20,23-26,30,32,36,38,48-50,52-60,62-67H,3-4,9-10,15-16,21-22,27-29,31,33-35,37,39-47H2,1-2H3/b7-5-,8-6-,13-11-,14-12-,19-17-,20-18-,25-23-,26-24-,32-30-,38-36-. The van der Waals surface area contributed by atoms with Gasteiger partial charge in [-0.3, -0.25) is 4.79 Å². The van der Waals surface area contributed by atoms with E-state index in [-0.39, 0.29) is 19.6 Å². The largest absolute Gasteiger partial charge is 0.457 e. The van der Waals surface area contributed by atoms with Crippen LogP contribution in [0.5, 0.6) is 0 Å². The van der Waals surface area contributed by atoms with E-state index >= 15 is 0 Å². The lowest BCUT2D eigenvalue weighted by molar-refractivity contribution is -0.332. The molecule has 2 aliphatic rings. The van der Waals surface area contributed by atoms with Crippen molar-refractivity contribution in [2.75, 3.05) is 33.0 Å². The van der Waals surface area contributed by atoms with Gasteiger partial charge in [-0.05, 0) is 89.9 Å². The zero-order valence-corrected chi connectivity index (χ0v) is 44.1. The van der Waals surface area contributed by atoms with Gasteiger partial charge in [0.2, 0.25) is 0 Å². The van der Waals surface area contributed by atoms with Crippen molar-refractivity contribution >= 4 is 5.97 Å². The van der Waals surface area contributed by atoms with Crippen molar-refractivity contribution in [2.24, 2.45) is 0 Å². The number of carbonyl (C=O) groups is 1. The first-order valence-corrected chi connectivity index (χ1v) is 27.1. The Labute approximate surface area is 437 Å². The molecular weight excluding hydrogens is 933 g/mol. The van der Waals surface area contributed by atoms with Gasteiger partial charge in [0, 0.05) is 13.0 Å². The highest BCUT2D eigenvalue weighted by molar-refractivity contribution is 5.69. The first-order valence-electron chi connectivity index (χ1n) is 27.1. The van der Waals surface area contributed by atoms with Crippen molar-refractivity contribution in [3.63, 3.8) is 0 Å². The number of hydrogen-bond donors (Lipinski definition) is 7. The lowest BCUT2D eigenvalue weighted by Gasteiger charge is -2.42. The lowest BCUT2D eigenvalue weighted by Crippen LogP contribution is -2.61. The number of carbonyl (C=O) groups excluding carboxylic acids is 1. The second-order valence-corrected chi connectivity index (χ2v) is 18.3. The Morgan fingerprint density at radius 1 is 0.452 bits per heavy atom. The molecular formula is C59H94O14. The van der Waals surface area contributed by atoms with Crippen LogP contribution in [0.4, 0.5) is 0 Å². The highest BCUT2D eigenvalue weighted by Crippen LogP contribution is 2.26. The van der Waals surface area contributed by atoms with Gasteiger partial charge in [-0.25, -0.2) is 0 Å². The van der Waals surface area contributed by atoms with Gasteiger partial charge in [0.15, 0.2) is 12.6 Å². The van der Waals surface area contributed by atoms with Gasteiger partial charge in [-0.15, -0.1) is 0 Å². The third-order valence-electron chi connectivity index (χ3n) is 12.0. The van der Waals surface area contributed by atoms with Crippen LogP contribution in [0.15, 0.2) is 122 Å². The average molecular weight is 1030 g/mol. The second kappa shape index (κ2) is 44.7. The molecule has 2 aliphatic heterocycles. The highest BCUT2D eigenvalue weighted by Gasteiger charge is 2.47. The number of aliphatic hydroxyl groups is 7. The number of unbranched alkanes of at least 4 members (excludes halogenated alkanes) is 7. The number of ether oxygens (including phenoxy) is 6. The van der Waals surface area contributed by atoms with Crippen LogP contribution in [0, 0.1) is 0 Å². The molecule has 0 aliphatic carbocycles. The molecule has 11 unspecified atom stereocenters. The summed E-state index contributed by atoms with van der Waals surface area (Å²) in [4.78, 5) is 13.0. The third-order valence-corrected chi connectivity index (χ3v) is 12.0. The number of aliphatic hydroxyl groups excluding tert-OH is 7. The summed E-state index contributed by atoms with van der Waals surface area (Å²) in [6.07, 6.45) is 45.5. The Balaban J connectivity index is 1.79. The van der Waals surface area contributed by atoms with Gasteiger partial charge in [0.05, 0.1) is 26.4 Å². The molecule has 11 atom stereocenters. The molecule has 2 heterocycles. The van der Waals surface area contributed by atoms with Gasteiger partial charge < -0.3 is 64.2 Å². The Morgan fingerprint density at radius 2 is 0.849 bits per heavy atom. The van der Waals surface area contributed by atoms with Crippen LogP contribution >= 0.6 is 0 Å². The van der Waals surface area contributed by atoms with Gasteiger partial charge in [0.1, 0.15) is 54.9 Å². The average Bonchev–Trinajstić information content (AvgIpc) is 3.39. The molecule has 0 radical (unpaired) electrons. The van der Waals surface area contributed by atoms with Crippen molar-refractivity contribution in [3.05, 3.63) is 122 Å². The third kappa shape index (κ3) is 31.8. The van der Waals surface area contributed by atoms with Crippen LogP contribution in [0.2, 0.25) is 0 Å². The zero-order chi connectivity index (χ0) is 53.0. The number of hydrogen-bond acceptors (Lipinski definition) is 14. The Hall–Kier alpha value is -3.61. The summed E-state index contributed by atoms with van der Waals surface area (Å²) in [5.74, 6) is -0.468. The normalized spacial score (nSPS) is 25.9. The number of esters is 1. The van der Waals surface area contributed by atoms with Gasteiger partial charge in [0.25, 0.3) is 0 Å². The molecule has 0 saturated carbocycles. The number of allylic oxidation sites excluding steroid dienone is 20. The Morgan fingerprint density at radius 3 is 1.33 bits per heavy atom. The maximum Gasteiger partial charge on any atom is 0.306 e. The first kappa shape index (κ1) is 65.5. The molecule has 0 spiro atoms. The summed E-state index contributed by atoms with van der Waals surface area (Å²) in [6.45, 7) is 3.30. The van der Waals surface area contributed by atoms with Crippen LogP contribution in [-0.4, -0.2) is 142 Å². The predicted molar refractivity (Wildman–Crippen MR) is 288 cm³/mol.